The molecule has 1 amide bonds. The van der Waals surface area contributed by atoms with Crippen molar-refractivity contribution in [2.45, 2.75) is 39.2 Å². The van der Waals surface area contributed by atoms with Gasteiger partial charge in [-0.2, -0.15) is 10.4 Å². The molecule has 0 aliphatic carbocycles. The predicted octanol–water partition coefficient (Wildman–Crippen LogP) is 4.56. The van der Waals surface area contributed by atoms with Crippen LogP contribution in [0.5, 0.6) is 0 Å². The van der Waals surface area contributed by atoms with E-state index in [0.717, 1.165) is 67.2 Å². The Morgan fingerprint density at radius 3 is 2.60 bits per heavy atom. The fourth-order valence-corrected chi connectivity index (χ4v) is 6.04. The summed E-state index contributed by atoms with van der Waals surface area (Å²) in [5.74, 6) is 0.836. The SMILES string of the molecule is CC1(CNC(=O)c2ncccc2Cl)CCN(c2ccc(-c3cc(N4CC(C(C)(C)O)C4)cn4ncc(C#N)c34)cn2)CC1. The van der Waals surface area contributed by atoms with E-state index in [1.165, 1.54) is 0 Å². The van der Waals surface area contributed by atoms with Crippen LogP contribution in [-0.4, -0.2) is 68.9 Å². The van der Waals surface area contributed by atoms with Crippen LogP contribution in [0.4, 0.5) is 11.5 Å². The number of pyridine rings is 3. The minimum absolute atomic E-state index is 0.0454. The highest BCUT2D eigenvalue weighted by Crippen LogP contribution is 2.37. The molecule has 0 aromatic carbocycles. The van der Waals surface area contributed by atoms with Gasteiger partial charge in [0.2, 0.25) is 0 Å². The molecule has 6 rings (SSSR count). The highest BCUT2D eigenvalue weighted by Gasteiger charge is 2.38. The van der Waals surface area contributed by atoms with Gasteiger partial charge in [-0.15, -0.1) is 0 Å². The van der Waals surface area contributed by atoms with Crippen LogP contribution in [0.3, 0.4) is 0 Å². The van der Waals surface area contributed by atoms with Gasteiger partial charge in [-0.1, -0.05) is 18.5 Å². The van der Waals surface area contributed by atoms with E-state index in [1.54, 1.807) is 29.0 Å². The molecule has 2 N–H and O–H groups in total. The lowest BCUT2D eigenvalue weighted by Crippen LogP contribution is -2.55. The highest BCUT2D eigenvalue weighted by molar-refractivity contribution is 6.33. The second kappa shape index (κ2) is 11.1. The maximum Gasteiger partial charge on any atom is 0.271 e. The number of hydrogen-bond donors (Lipinski definition) is 2. The number of nitrogens with one attached hydrogen (secondary N) is 1. The molecule has 2 fully saturated rings. The topological polar surface area (TPSA) is 123 Å². The Morgan fingerprint density at radius 1 is 1.19 bits per heavy atom. The lowest BCUT2D eigenvalue weighted by Gasteiger charge is -2.46. The summed E-state index contributed by atoms with van der Waals surface area (Å²) in [7, 11) is 0. The van der Waals surface area contributed by atoms with Gasteiger partial charge < -0.3 is 20.2 Å². The van der Waals surface area contributed by atoms with Crippen LogP contribution >= 0.6 is 11.6 Å². The van der Waals surface area contributed by atoms with Gasteiger partial charge >= 0.3 is 0 Å². The van der Waals surface area contributed by atoms with E-state index in [2.05, 4.69) is 50.3 Å². The number of rotatable bonds is 7. The molecule has 2 saturated heterocycles. The smallest absolute Gasteiger partial charge is 0.271 e. The average molecular weight is 599 g/mol. The number of carbonyl (C=O) groups excluding carboxylic acids is 1. The molecule has 0 spiro atoms. The highest BCUT2D eigenvalue weighted by atomic mass is 35.5. The summed E-state index contributed by atoms with van der Waals surface area (Å²) < 4.78 is 1.76. The quantitative estimate of drug-likeness (QED) is 0.317. The van der Waals surface area contributed by atoms with E-state index < -0.39 is 5.60 Å². The van der Waals surface area contributed by atoms with Gasteiger partial charge in [-0.25, -0.2) is 14.5 Å². The predicted molar refractivity (Wildman–Crippen MR) is 166 cm³/mol. The molecule has 0 unspecified atom stereocenters. The number of halogens is 1. The lowest BCUT2D eigenvalue weighted by atomic mass is 9.80. The van der Waals surface area contributed by atoms with Crippen LogP contribution in [0.2, 0.25) is 5.02 Å². The normalized spacial score (nSPS) is 17.0. The van der Waals surface area contributed by atoms with E-state index in [0.29, 0.717) is 17.1 Å². The zero-order valence-electron chi connectivity index (χ0n) is 24.6. The maximum atomic E-state index is 12.6. The van der Waals surface area contributed by atoms with Crippen LogP contribution in [0.15, 0.2) is 55.1 Å². The summed E-state index contributed by atoms with van der Waals surface area (Å²) in [5, 5.41) is 28.0. The van der Waals surface area contributed by atoms with Crippen molar-refractivity contribution in [2.75, 3.05) is 42.5 Å². The van der Waals surface area contributed by atoms with E-state index in [-0.39, 0.29) is 22.9 Å². The fraction of sp³-hybridized carbons (Fsp3) is 0.406. The minimum atomic E-state index is -0.726. The molecule has 0 atom stereocenters. The van der Waals surface area contributed by atoms with Crippen molar-refractivity contribution in [1.29, 1.82) is 5.26 Å². The third kappa shape index (κ3) is 5.75. The summed E-state index contributed by atoms with van der Waals surface area (Å²) >= 11 is 6.14. The van der Waals surface area contributed by atoms with Crippen LogP contribution in [-0.2, 0) is 0 Å². The summed E-state index contributed by atoms with van der Waals surface area (Å²) in [6.45, 7) is 9.60. The number of piperidine rings is 1. The van der Waals surface area contributed by atoms with E-state index in [9.17, 15) is 15.2 Å². The zero-order valence-corrected chi connectivity index (χ0v) is 25.3. The second-order valence-electron chi connectivity index (χ2n) is 12.6. The van der Waals surface area contributed by atoms with E-state index in [1.807, 2.05) is 32.3 Å². The number of fused-ring (bicyclic) bond motifs is 1. The maximum absolute atomic E-state index is 12.6. The van der Waals surface area contributed by atoms with Crippen molar-refractivity contribution < 1.29 is 9.90 Å². The van der Waals surface area contributed by atoms with Crippen LogP contribution in [0.1, 0.15) is 49.7 Å². The van der Waals surface area contributed by atoms with Gasteiger partial charge in [0.05, 0.1) is 39.8 Å². The number of aliphatic hydroxyl groups is 1. The van der Waals surface area contributed by atoms with Gasteiger partial charge in [0.15, 0.2) is 0 Å². The molecule has 222 valence electrons. The number of aromatic nitrogens is 4. The molecule has 0 bridgehead atoms. The van der Waals surface area contributed by atoms with Gasteiger partial charge in [-0.3, -0.25) is 4.79 Å². The van der Waals surface area contributed by atoms with Gasteiger partial charge in [0.25, 0.3) is 5.91 Å². The molecule has 0 saturated carbocycles. The van der Waals surface area contributed by atoms with Crippen LogP contribution in [0, 0.1) is 22.7 Å². The average Bonchev–Trinajstić information content (AvgIpc) is 3.38. The molecule has 2 aliphatic heterocycles. The third-order valence-electron chi connectivity index (χ3n) is 8.97. The zero-order chi connectivity index (χ0) is 30.4. The molecule has 0 radical (unpaired) electrons. The fourth-order valence-electron chi connectivity index (χ4n) is 5.83. The van der Waals surface area contributed by atoms with Gasteiger partial charge in [-0.05, 0) is 62.4 Å². The molecular weight excluding hydrogens is 564 g/mol. The van der Waals surface area contributed by atoms with Gasteiger partial charge in [0.1, 0.15) is 17.6 Å². The Morgan fingerprint density at radius 2 is 1.95 bits per heavy atom. The number of nitrogens with zero attached hydrogens (tertiary/aromatic N) is 7. The number of nitriles is 1. The molecule has 6 heterocycles. The first-order valence-electron chi connectivity index (χ1n) is 14.5. The number of carbonyl (C=O) groups is 1. The minimum Gasteiger partial charge on any atom is -0.390 e. The first-order valence-corrected chi connectivity index (χ1v) is 14.9. The largest absolute Gasteiger partial charge is 0.390 e. The Bertz CT molecular complexity index is 1690. The Kier molecular flexibility index (Phi) is 7.48. The molecule has 10 nitrogen and oxygen atoms in total. The first-order chi connectivity index (χ1) is 20.5. The monoisotopic (exact) mass is 598 g/mol. The Labute approximate surface area is 255 Å². The molecule has 4 aromatic heterocycles. The number of amides is 1. The van der Waals surface area contributed by atoms with Crippen molar-refractivity contribution >= 4 is 34.5 Å². The first kappa shape index (κ1) is 28.9. The summed E-state index contributed by atoms with van der Waals surface area (Å²) in [5.41, 5.74) is 3.54. The summed E-state index contributed by atoms with van der Waals surface area (Å²) in [4.78, 5) is 26.0. The van der Waals surface area contributed by atoms with E-state index in [4.69, 9.17) is 16.6 Å². The van der Waals surface area contributed by atoms with Crippen LogP contribution in [0.25, 0.3) is 16.6 Å². The van der Waals surface area contributed by atoms with E-state index >= 15 is 0 Å². The van der Waals surface area contributed by atoms with Crippen molar-refractivity contribution in [2.24, 2.45) is 11.3 Å². The third-order valence-corrected chi connectivity index (χ3v) is 9.27. The molecule has 11 heteroatoms. The van der Waals surface area contributed by atoms with Crippen molar-refractivity contribution in [3.05, 3.63) is 71.4 Å². The Balaban J connectivity index is 1.15. The number of hydrogen-bond acceptors (Lipinski definition) is 8. The van der Waals surface area contributed by atoms with Crippen molar-refractivity contribution in [3.8, 4) is 17.2 Å². The second-order valence-corrected chi connectivity index (χ2v) is 13.0. The van der Waals surface area contributed by atoms with Crippen molar-refractivity contribution in [3.63, 3.8) is 0 Å². The molecule has 4 aromatic rings. The Hall–Kier alpha value is -4.20. The molecule has 2 aliphatic rings. The lowest BCUT2D eigenvalue weighted by molar-refractivity contribution is 0.00457. The van der Waals surface area contributed by atoms with Crippen LogP contribution < -0.4 is 15.1 Å². The summed E-state index contributed by atoms with van der Waals surface area (Å²) in [6, 6.07) is 11.8. The number of anilines is 2. The molecule has 43 heavy (non-hydrogen) atoms. The van der Waals surface area contributed by atoms with Gasteiger partial charge in [0, 0.05) is 62.2 Å². The summed E-state index contributed by atoms with van der Waals surface area (Å²) in [6.07, 6.45) is 8.77. The molecular formula is C32H35ClN8O2. The van der Waals surface area contributed by atoms with Crippen molar-refractivity contribution in [1.82, 2.24) is 24.9 Å². The standard InChI is InChI=1S/C32H35ClN8O2/c1-31(2,43)23-17-40(18-23)24-13-25(29-22(14-34)16-38-41(29)19-24)21-6-7-27(36-15-21)39-11-8-32(3,9-12-39)20-37-30(42)28-26(33)5-4-10-35-28/h4-7,10,13,15-16,19,23,43H,8-9,11-12,17-18,20H2,1-3H3,(H,37,42).